The first-order chi connectivity index (χ1) is 14.0. The van der Waals surface area contributed by atoms with Gasteiger partial charge in [0, 0.05) is 0 Å². The summed E-state index contributed by atoms with van der Waals surface area (Å²) >= 11 is 6.24. The second-order valence-electron chi connectivity index (χ2n) is 8.75. The summed E-state index contributed by atoms with van der Waals surface area (Å²) in [7, 11) is 0. The molecule has 3 aliphatic carbocycles. The van der Waals surface area contributed by atoms with Crippen molar-refractivity contribution in [1.29, 1.82) is 5.26 Å². The molecular formula is C27H44ClN. The Kier molecular flexibility index (Phi) is 10.8. The van der Waals surface area contributed by atoms with Gasteiger partial charge in [-0.2, -0.15) is 5.26 Å². The van der Waals surface area contributed by atoms with Crippen molar-refractivity contribution >= 4 is 11.6 Å². The van der Waals surface area contributed by atoms with Crippen molar-refractivity contribution < 1.29 is 0 Å². The Bertz CT molecular complexity index is 674. The average Bonchev–Trinajstić information content (AvgIpc) is 3.06. The highest BCUT2D eigenvalue weighted by Gasteiger charge is 2.53. The quantitative estimate of drug-likeness (QED) is 0.412. The van der Waals surface area contributed by atoms with Crippen LogP contribution in [0.25, 0.3) is 0 Å². The van der Waals surface area contributed by atoms with Crippen molar-refractivity contribution in [3.8, 4) is 6.07 Å². The van der Waals surface area contributed by atoms with Crippen molar-refractivity contribution in [1.82, 2.24) is 0 Å². The lowest BCUT2D eigenvalue weighted by Crippen LogP contribution is -2.41. The summed E-state index contributed by atoms with van der Waals surface area (Å²) in [6.07, 6.45) is 9.00. The maximum atomic E-state index is 9.46. The van der Waals surface area contributed by atoms with Gasteiger partial charge in [-0.05, 0) is 84.8 Å². The van der Waals surface area contributed by atoms with Crippen molar-refractivity contribution in [2.75, 3.05) is 0 Å². The molecule has 1 aromatic carbocycles. The van der Waals surface area contributed by atoms with Gasteiger partial charge in [0.05, 0.1) is 10.6 Å². The standard InChI is InChI=1S/C20H24ClN.C3H8.2C2H6/c1-12-3-7-18-16-5-4-14-13(6-8-19(21)17(14)11-22)15(16)9-10-20(12,18)2;1-3-2;2*1-2/h6,8,12,15-16,18H,3-5,7,9-10H2,1-2H3;3H2,1-2H3;2*1-2H3/t12-,15?,16?,18?,20+;;;/m0.../s1. The van der Waals surface area contributed by atoms with E-state index >= 15 is 0 Å². The van der Waals surface area contributed by atoms with Crippen LogP contribution < -0.4 is 0 Å². The molecule has 2 saturated carbocycles. The fourth-order valence-corrected chi connectivity index (χ4v) is 6.24. The van der Waals surface area contributed by atoms with Crippen molar-refractivity contribution in [3.05, 3.63) is 33.8 Å². The Morgan fingerprint density at radius 3 is 2.28 bits per heavy atom. The predicted octanol–water partition coefficient (Wildman–Crippen LogP) is 9.17. The number of nitrogens with zero attached hydrogens (tertiary/aromatic N) is 1. The minimum atomic E-state index is 0.559. The molecule has 0 bridgehead atoms. The smallest absolute Gasteiger partial charge is 0.101 e. The molecule has 2 fully saturated rings. The third-order valence-electron chi connectivity index (χ3n) is 7.45. The summed E-state index contributed by atoms with van der Waals surface area (Å²) in [6.45, 7) is 17.3. The van der Waals surface area contributed by atoms with Crippen LogP contribution in [0.5, 0.6) is 0 Å². The van der Waals surface area contributed by atoms with Gasteiger partial charge in [0.2, 0.25) is 0 Å². The Hall–Kier alpha value is -1.00. The van der Waals surface area contributed by atoms with Crippen LogP contribution >= 0.6 is 11.6 Å². The number of hydrogen-bond acceptors (Lipinski definition) is 1. The summed E-state index contributed by atoms with van der Waals surface area (Å²) in [5, 5.41) is 10.1. The van der Waals surface area contributed by atoms with Gasteiger partial charge in [0.25, 0.3) is 0 Å². The van der Waals surface area contributed by atoms with E-state index in [9.17, 15) is 5.26 Å². The topological polar surface area (TPSA) is 23.8 Å². The summed E-state index contributed by atoms with van der Waals surface area (Å²) in [5.74, 6) is 3.25. The molecule has 0 saturated heterocycles. The largest absolute Gasteiger partial charge is 0.192 e. The van der Waals surface area contributed by atoms with Crippen molar-refractivity contribution in [2.24, 2.45) is 23.2 Å². The zero-order valence-corrected chi connectivity index (χ0v) is 21.0. The molecular weight excluding hydrogens is 374 g/mol. The Balaban J connectivity index is 0.000000540. The zero-order chi connectivity index (χ0) is 22.2. The van der Waals surface area contributed by atoms with E-state index in [1.165, 1.54) is 49.7 Å². The molecule has 3 unspecified atom stereocenters. The Morgan fingerprint density at radius 2 is 1.69 bits per heavy atom. The maximum Gasteiger partial charge on any atom is 0.101 e. The van der Waals surface area contributed by atoms with Gasteiger partial charge in [0.15, 0.2) is 0 Å². The van der Waals surface area contributed by atoms with Crippen LogP contribution in [-0.2, 0) is 6.42 Å². The third-order valence-corrected chi connectivity index (χ3v) is 7.76. The molecule has 0 amide bonds. The molecule has 0 spiro atoms. The fraction of sp³-hybridized carbons (Fsp3) is 0.741. The molecule has 0 aromatic heterocycles. The average molecular weight is 418 g/mol. The van der Waals surface area contributed by atoms with Gasteiger partial charge in [-0.3, -0.25) is 0 Å². The van der Waals surface area contributed by atoms with Gasteiger partial charge >= 0.3 is 0 Å². The minimum absolute atomic E-state index is 0.559. The molecule has 0 radical (unpaired) electrons. The Labute approximate surface area is 186 Å². The van der Waals surface area contributed by atoms with Crippen LogP contribution in [0.4, 0.5) is 0 Å². The van der Waals surface area contributed by atoms with Crippen LogP contribution in [0.2, 0.25) is 5.02 Å². The van der Waals surface area contributed by atoms with E-state index in [0.29, 0.717) is 16.4 Å². The molecule has 1 nitrogen and oxygen atoms in total. The fourth-order valence-electron chi connectivity index (χ4n) is 6.02. The van der Waals surface area contributed by atoms with Gasteiger partial charge in [-0.15, -0.1) is 0 Å². The lowest BCUT2D eigenvalue weighted by atomic mass is 9.54. The molecule has 1 aromatic rings. The number of rotatable bonds is 0. The van der Waals surface area contributed by atoms with E-state index in [2.05, 4.69) is 39.8 Å². The highest BCUT2D eigenvalue weighted by molar-refractivity contribution is 6.31. The first-order valence-electron chi connectivity index (χ1n) is 12.2. The predicted molar refractivity (Wildman–Crippen MR) is 129 cm³/mol. The Morgan fingerprint density at radius 1 is 1.07 bits per heavy atom. The van der Waals surface area contributed by atoms with E-state index in [0.717, 1.165) is 29.7 Å². The van der Waals surface area contributed by atoms with Gasteiger partial charge in [-0.1, -0.05) is 79.5 Å². The minimum Gasteiger partial charge on any atom is -0.192 e. The van der Waals surface area contributed by atoms with Gasteiger partial charge in [-0.25, -0.2) is 0 Å². The van der Waals surface area contributed by atoms with Crippen LogP contribution in [0.1, 0.15) is 117 Å². The van der Waals surface area contributed by atoms with E-state index in [1.54, 1.807) is 0 Å². The second-order valence-corrected chi connectivity index (χ2v) is 9.15. The highest BCUT2D eigenvalue weighted by Crippen LogP contribution is 2.63. The molecule has 5 atom stereocenters. The molecule has 3 aliphatic rings. The number of fused-ring (bicyclic) bond motifs is 5. The van der Waals surface area contributed by atoms with Gasteiger partial charge < -0.3 is 0 Å². The number of nitriles is 1. The summed E-state index contributed by atoms with van der Waals surface area (Å²) in [4.78, 5) is 0. The first-order valence-corrected chi connectivity index (χ1v) is 12.6. The number of halogens is 1. The zero-order valence-electron chi connectivity index (χ0n) is 20.2. The summed E-state index contributed by atoms with van der Waals surface area (Å²) < 4.78 is 0. The van der Waals surface area contributed by atoms with E-state index in [4.69, 9.17) is 11.6 Å². The lowest BCUT2D eigenvalue weighted by Gasteiger charge is -2.50. The van der Waals surface area contributed by atoms with Crippen molar-refractivity contribution in [3.63, 3.8) is 0 Å². The maximum absolute atomic E-state index is 9.46. The molecule has 164 valence electrons. The SMILES string of the molecule is CC.CC.CCC.C[C@H]1CCC2C3CCc4c(ccc(Cl)c4C#N)C3CC[C@@]21C. The summed E-state index contributed by atoms with van der Waals surface area (Å²) in [6, 6.07) is 6.52. The molecule has 2 heteroatoms. The monoisotopic (exact) mass is 417 g/mol. The first kappa shape index (κ1) is 26.0. The van der Waals surface area contributed by atoms with Crippen LogP contribution in [0.3, 0.4) is 0 Å². The number of hydrogen-bond donors (Lipinski definition) is 0. The number of benzene rings is 1. The molecule has 4 rings (SSSR count). The lowest BCUT2D eigenvalue weighted by molar-refractivity contribution is 0.0336. The molecule has 0 heterocycles. The van der Waals surface area contributed by atoms with Crippen molar-refractivity contribution in [2.45, 2.75) is 106 Å². The molecule has 29 heavy (non-hydrogen) atoms. The van der Waals surface area contributed by atoms with Crippen LogP contribution in [0, 0.1) is 34.5 Å². The third kappa shape index (κ3) is 5.02. The summed E-state index contributed by atoms with van der Waals surface area (Å²) in [5.41, 5.74) is 4.00. The van der Waals surface area contributed by atoms with Crippen LogP contribution in [-0.4, -0.2) is 0 Å². The molecule has 0 aliphatic heterocycles. The van der Waals surface area contributed by atoms with Gasteiger partial charge in [0.1, 0.15) is 6.07 Å². The molecule has 0 N–H and O–H groups in total. The second kappa shape index (κ2) is 12.0. The highest BCUT2D eigenvalue weighted by atomic mass is 35.5. The van der Waals surface area contributed by atoms with E-state index < -0.39 is 0 Å². The van der Waals surface area contributed by atoms with Crippen LogP contribution in [0.15, 0.2) is 12.1 Å². The normalized spacial score (nSPS) is 31.0. The van der Waals surface area contributed by atoms with E-state index in [1.807, 2.05) is 33.8 Å². The van der Waals surface area contributed by atoms with E-state index in [-0.39, 0.29) is 0 Å².